The molecule has 0 atom stereocenters. The molecule has 0 saturated carbocycles. The van der Waals surface area contributed by atoms with E-state index in [1.807, 2.05) is 36.4 Å². The van der Waals surface area contributed by atoms with Gasteiger partial charge in [-0.05, 0) is 42.0 Å². The number of amides is 2. The third-order valence-electron chi connectivity index (χ3n) is 4.39. The van der Waals surface area contributed by atoms with Gasteiger partial charge in [0.2, 0.25) is 5.95 Å². The van der Waals surface area contributed by atoms with Crippen LogP contribution >= 0.6 is 0 Å². The van der Waals surface area contributed by atoms with Crippen LogP contribution in [0.1, 0.15) is 26.3 Å². The molecule has 7 nitrogen and oxygen atoms in total. The molecule has 7 heteroatoms. The second kappa shape index (κ2) is 8.83. The van der Waals surface area contributed by atoms with E-state index in [1.165, 1.54) is 0 Å². The fraction of sp³-hybridized carbons (Fsp3) is 0.0435. The van der Waals surface area contributed by atoms with E-state index in [2.05, 4.69) is 20.7 Å². The van der Waals surface area contributed by atoms with Crippen LogP contribution in [0.4, 0.5) is 11.6 Å². The van der Waals surface area contributed by atoms with Crippen LogP contribution in [0.5, 0.6) is 0 Å². The summed E-state index contributed by atoms with van der Waals surface area (Å²) in [4.78, 5) is 28.8. The lowest BCUT2D eigenvalue weighted by atomic mass is 10.1. The van der Waals surface area contributed by atoms with Crippen molar-refractivity contribution in [2.75, 3.05) is 10.6 Å². The topological polar surface area (TPSA) is 88.9 Å². The van der Waals surface area contributed by atoms with Crippen LogP contribution in [0.25, 0.3) is 0 Å². The highest BCUT2D eigenvalue weighted by Crippen LogP contribution is 2.13. The average Bonchev–Trinajstić information content (AvgIpc) is 3.22. The summed E-state index contributed by atoms with van der Waals surface area (Å²) in [7, 11) is 0. The molecule has 1 aromatic heterocycles. The Hall–Kier alpha value is -4.26. The van der Waals surface area contributed by atoms with E-state index in [1.54, 1.807) is 59.5 Å². The molecule has 2 amide bonds. The third-order valence-corrected chi connectivity index (χ3v) is 4.39. The summed E-state index contributed by atoms with van der Waals surface area (Å²) in [5.74, 6) is -0.299. The van der Waals surface area contributed by atoms with Crippen molar-refractivity contribution in [1.82, 2.24) is 14.8 Å². The van der Waals surface area contributed by atoms with Gasteiger partial charge in [-0.15, -0.1) is 5.10 Å². The Bertz CT molecular complexity index is 1140. The molecule has 0 bridgehead atoms. The van der Waals surface area contributed by atoms with Gasteiger partial charge >= 0.3 is 0 Å². The fourth-order valence-corrected chi connectivity index (χ4v) is 2.87. The van der Waals surface area contributed by atoms with E-state index in [-0.39, 0.29) is 17.8 Å². The smallest absolute Gasteiger partial charge is 0.258 e. The van der Waals surface area contributed by atoms with Crippen molar-refractivity contribution >= 4 is 23.5 Å². The zero-order valence-corrected chi connectivity index (χ0v) is 16.0. The first kappa shape index (κ1) is 19.1. The second-order valence-electron chi connectivity index (χ2n) is 6.60. The fourth-order valence-electron chi connectivity index (χ4n) is 2.87. The van der Waals surface area contributed by atoms with Gasteiger partial charge < -0.3 is 5.32 Å². The monoisotopic (exact) mass is 397 g/mol. The standard InChI is InChI=1S/C23H19N5O2/c29-21(18-9-5-2-6-10-18)25-20-13-11-19(12-14-20)22(30)26-23-24-16-28(27-23)15-17-7-3-1-4-8-17/h1-14,16H,15H2,(H,25,29)(H,26,27,30). The van der Waals surface area contributed by atoms with E-state index in [0.29, 0.717) is 23.4 Å². The SMILES string of the molecule is O=C(Nc1ccc(C(=O)Nc2ncn(Cc3ccccc3)n2)cc1)c1ccccc1. The van der Waals surface area contributed by atoms with Gasteiger partial charge in [0.1, 0.15) is 6.33 Å². The molecule has 1 heterocycles. The minimum absolute atomic E-state index is 0.207. The van der Waals surface area contributed by atoms with Crippen LogP contribution < -0.4 is 10.6 Å². The number of hydrogen-bond acceptors (Lipinski definition) is 4. The molecular formula is C23H19N5O2. The van der Waals surface area contributed by atoms with Gasteiger partial charge in [0.15, 0.2) is 0 Å². The van der Waals surface area contributed by atoms with Crippen LogP contribution in [0, 0.1) is 0 Å². The lowest BCUT2D eigenvalue weighted by molar-refractivity contribution is 0.101. The first-order valence-electron chi connectivity index (χ1n) is 9.38. The van der Waals surface area contributed by atoms with Crippen LogP contribution in [-0.2, 0) is 6.54 Å². The summed E-state index contributed by atoms with van der Waals surface area (Å²) in [5, 5.41) is 9.76. The summed E-state index contributed by atoms with van der Waals surface area (Å²) in [6.07, 6.45) is 1.57. The number of anilines is 2. The molecule has 0 fully saturated rings. The van der Waals surface area contributed by atoms with Crippen molar-refractivity contribution in [3.05, 3.63) is 108 Å². The van der Waals surface area contributed by atoms with Crippen LogP contribution in [0.15, 0.2) is 91.3 Å². The summed E-state index contributed by atoms with van der Waals surface area (Å²) >= 11 is 0. The molecule has 0 aliphatic carbocycles. The predicted molar refractivity (Wildman–Crippen MR) is 114 cm³/mol. The van der Waals surface area contributed by atoms with Crippen molar-refractivity contribution in [1.29, 1.82) is 0 Å². The van der Waals surface area contributed by atoms with E-state index in [9.17, 15) is 9.59 Å². The summed E-state index contributed by atoms with van der Waals surface area (Å²) in [6.45, 7) is 0.569. The number of carbonyl (C=O) groups excluding carboxylic acids is 2. The van der Waals surface area contributed by atoms with Crippen molar-refractivity contribution < 1.29 is 9.59 Å². The first-order valence-corrected chi connectivity index (χ1v) is 9.38. The van der Waals surface area contributed by atoms with Crippen LogP contribution in [0.2, 0.25) is 0 Å². The third kappa shape index (κ3) is 4.77. The van der Waals surface area contributed by atoms with Gasteiger partial charge in [-0.2, -0.15) is 0 Å². The van der Waals surface area contributed by atoms with E-state index < -0.39 is 0 Å². The van der Waals surface area contributed by atoms with Gasteiger partial charge in [-0.25, -0.2) is 9.67 Å². The number of hydrogen-bond donors (Lipinski definition) is 2. The molecular weight excluding hydrogens is 378 g/mol. The number of aromatic nitrogens is 3. The van der Waals surface area contributed by atoms with Crippen molar-refractivity contribution in [2.45, 2.75) is 6.54 Å². The van der Waals surface area contributed by atoms with Crippen LogP contribution in [-0.4, -0.2) is 26.6 Å². The Morgan fingerprint density at radius 2 is 1.33 bits per heavy atom. The number of nitrogens with one attached hydrogen (secondary N) is 2. The second-order valence-corrected chi connectivity index (χ2v) is 6.60. The van der Waals surface area contributed by atoms with E-state index >= 15 is 0 Å². The largest absolute Gasteiger partial charge is 0.322 e. The van der Waals surface area contributed by atoms with Crippen LogP contribution in [0.3, 0.4) is 0 Å². The summed E-state index contributed by atoms with van der Waals surface area (Å²) in [6, 6.07) is 25.4. The van der Waals surface area contributed by atoms with Crippen molar-refractivity contribution in [2.24, 2.45) is 0 Å². The lowest BCUT2D eigenvalue weighted by Crippen LogP contribution is -2.14. The molecule has 3 aromatic carbocycles. The number of benzene rings is 3. The maximum absolute atomic E-state index is 12.4. The van der Waals surface area contributed by atoms with Gasteiger partial charge in [0.05, 0.1) is 6.54 Å². The Morgan fingerprint density at radius 3 is 2.03 bits per heavy atom. The van der Waals surface area contributed by atoms with Gasteiger partial charge in [0, 0.05) is 16.8 Å². The molecule has 4 rings (SSSR count). The predicted octanol–water partition coefficient (Wildman–Crippen LogP) is 3.83. The molecule has 0 unspecified atom stereocenters. The lowest BCUT2D eigenvalue weighted by Gasteiger charge is -2.06. The number of rotatable bonds is 6. The molecule has 0 aliphatic heterocycles. The molecule has 0 spiro atoms. The Morgan fingerprint density at radius 1 is 0.733 bits per heavy atom. The highest BCUT2D eigenvalue weighted by molar-refractivity contribution is 6.05. The molecule has 0 saturated heterocycles. The Labute approximate surface area is 173 Å². The summed E-state index contributed by atoms with van der Waals surface area (Å²) < 4.78 is 1.66. The molecule has 0 radical (unpaired) electrons. The Kier molecular flexibility index (Phi) is 5.61. The highest BCUT2D eigenvalue weighted by atomic mass is 16.2. The molecule has 30 heavy (non-hydrogen) atoms. The number of nitrogens with zero attached hydrogens (tertiary/aromatic N) is 3. The highest BCUT2D eigenvalue weighted by Gasteiger charge is 2.10. The van der Waals surface area contributed by atoms with Crippen molar-refractivity contribution in [3.8, 4) is 0 Å². The zero-order chi connectivity index (χ0) is 20.8. The first-order chi connectivity index (χ1) is 14.7. The van der Waals surface area contributed by atoms with Gasteiger partial charge in [-0.1, -0.05) is 48.5 Å². The van der Waals surface area contributed by atoms with E-state index in [4.69, 9.17) is 0 Å². The minimum atomic E-state index is -0.326. The quantitative estimate of drug-likeness (QED) is 0.517. The number of carbonyl (C=O) groups is 2. The molecule has 4 aromatic rings. The molecule has 0 aliphatic rings. The maximum atomic E-state index is 12.4. The molecule has 148 valence electrons. The normalized spacial score (nSPS) is 10.4. The van der Waals surface area contributed by atoms with E-state index in [0.717, 1.165) is 5.56 Å². The van der Waals surface area contributed by atoms with Crippen molar-refractivity contribution in [3.63, 3.8) is 0 Å². The molecule has 2 N–H and O–H groups in total. The minimum Gasteiger partial charge on any atom is -0.322 e. The average molecular weight is 397 g/mol. The zero-order valence-electron chi connectivity index (χ0n) is 16.0. The van der Waals surface area contributed by atoms with Gasteiger partial charge in [0.25, 0.3) is 11.8 Å². The summed E-state index contributed by atoms with van der Waals surface area (Å²) in [5.41, 5.74) is 2.70. The Balaban J connectivity index is 1.35. The maximum Gasteiger partial charge on any atom is 0.258 e. The van der Waals surface area contributed by atoms with Gasteiger partial charge in [-0.3, -0.25) is 14.9 Å².